The lowest BCUT2D eigenvalue weighted by Gasteiger charge is -2.36. The van der Waals surface area contributed by atoms with Gasteiger partial charge in [-0.15, -0.1) is 11.8 Å². The number of benzene rings is 1. The van der Waals surface area contributed by atoms with E-state index in [4.69, 9.17) is 0 Å². The van der Waals surface area contributed by atoms with Crippen LogP contribution in [0.1, 0.15) is 44.5 Å². The Labute approximate surface area is 121 Å². The second-order valence-electron chi connectivity index (χ2n) is 5.20. The molecule has 0 saturated heterocycles. The minimum atomic E-state index is -0.439. The van der Waals surface area contributed by atoms with Crippen LogP contribution in [0, 0.1) is 0 Å². The van der Waals surface area contributed by atoms with Crippen LogP contribution in [0.25, 0.3) is 0 Å². The highest BCUT2D eigenvalue weighted by atomic mass is 32.2. The zero-order valence-electron chi connectivity index (χ0n) is 12.7. The molecule has 0 spiro atoms. The van der Waals surface area contributed by atoms with Gasteiger partial charge in [0.2, 0.25) is 0 Å². The molecule has 0 amide bonds. The number of thioether (sulfide) groups is 1. The smallest absolute Gasteiger partial charge is 0.182 e. The average molecular weight is 279 g/mol. The number of hydrogen-bond acceptors (Lipinski definition) is 3. The summed E-state index contributed by atoms with van der Waals surface area (Å²) in [6.07, 6.45) is 3.11. The van der Waals surface area contributed by atoms with Crippen molar-refractivity contribution in [3.05, 3.63) is 29.8 Å². The lowest BCUT2D eigenvalue weighted by molar-refractivity contribution is 0.0654. The summed E-state index contributed by atoms with van der Waals surface area (Å²) in [5, 5.41) is 0. The van der Waals surface area contributed by atoms with Gasteiger partial charge in [-0.05, 0) is 51.7 Å². The lowest BCUT2D eigenvalue weighted by atomic mass is 9.91. The number of Topliss-reactive ketones (excluding diaryl/α,β-unsaturated/α-hetero) is 1. The maximum atomic E-state index is 12.7. The Balaban J connectivity index is 2.95. The summed E-state index contributed by atoms with van der Waals surface area (Å²) in [6.45, 7) is 10.2. The molecule has 0 aliphatic rings. The van der Waals surface area contributed by atoms with E-state index < -0.39 is 5.54 Å². The first kappa shape index (κ1) is 16.3. The third kappa shape index (κ3) is 3.83. The number of rotatable bonds is 7. The van der Waals surface area contributed by atoms with Crippen LogP contribution in [0.4, 0.5) is 0 Å². The van der Waals surface area contributed by atoms with Crippen molar-refractivity contribution in [3.8, 4) is 0 Å². The van der Waals surface area contributed by atoms with Gasteiger partial charge in [-0.1, -0.05) is 26.0 Å². The SMILES string of the molecule is CCCN(CC)C(C)(C)C(=O)c1ccc(SC)cc1. The summed E-state index contributed by atoms with van der Waals surface area (Å²) in [5.74, 6) is 0.204. The standard InChI is InChI=1S/C16H25NOS/c1-6-12-17(7-2)16(3,4)15(18)13-8-10-14(19-5)11-9-13/h8-11H,6-7,12H2,1-5H3. The fraction of sp³-hybridized carbons (Fsp3) is 0.562. The van der Waals surface area contributed by atoms with E-state index in [-0.39, 0.29) is 5.78 Å². The van der Waals surface area contributed by atoms with Crippen LogP contribution < -0.4 is 0 Å². The average Bonchev–Trinajstić information content (AvgIpc) is 2.43. The van der Waals surface area contributed by atoms with Crippen LogP contribution in [0.15, 0.2) is 29.2 Å². The van der Waals surface area contributed by atoms with Crippen LogP contribution in [0.2, 0.25) is 0 Å². The van der Waals surface area contributed by atoms with Crippen LogP contribution in [0.5, 0.6) is 0 Å². The number of carbonyl (C=O) groups is 1. The number of likely N-dealkylation sites (N-methyl/N-ethyl adjacent to an activating group) is 1. The third-order valence-electron chi connectivity index (χ3n) is 3.57. The van der Waals surface area contributed by atoms with Crippen molar-refractivity contribution < 1.29 is 4.79 Å². The van der Waals surface area contributed by atoms with Crippen molar-refractivity contribution in [3.63, 3.8) is 0 Å². The minimum absolute atomic E-state index is 0.204. The first-order chi connectivity index (χ1) is 8.97. The molecule has 0 fully saturated rings. The highest BCUT2D eigenvalue weighted by Crippen LogP contribution is 2.22. The molecule has 19 heavy (non-hydrogen) atoms. The van der Waals surface area contributed by atoms with E-state index in [9.17, 15) is 4.79 Å². The van der Waals surface area contributed by atoms with Crippen LogP contribution >= 0.6 is 11.8 Å². The summed E-state index contributed by atoms with van der Waals surface area (Å²) >= 11 is 1.69. The third-order valence-corrected chi connectivity index (χ3v) is 4.32. The summed E-state index contributed by atoms with van der Waals surface area (Å²) in [7, 11) is 0. The molecule has 0 N–H and O–H groups in total. The quantitative estimate of drug-likeness (QED) is 0.553. The lowest BCUT2D eigenvalue weighted by Crippen LogP contribution is -2.50. The van der Waals surface area contributed by atoms with Crippen molar-refractivity contribution >= 4 is 17.5 Å². The van der Waals surface area contributed by atoms with E-state index in [0.29, 0.717) is 0 Å². The van der Waals surface area contributed by atoms with E-state index in [1.807, 2.05) is 44.4 Å². The molecule has 2 nitrogen and oxygen atoms in total. The van der Waals surface area contributed by atoms with Gasteiger partial charge in [-0.3, -0.25) is 9.69 Å². The first-order valence-corrected chi connectivity index (χ1v) is 8.13. The van der Waals surface area contributed by atoms with Crippen molar-refractivity contribution in [1.29, 1.82) is 0 Å². The van der Waals surface area contributed by atoms with Gasteiger partial charge in [-0.2, -0.15) is 0 Å². The maximum absolute atomic E-state index is 12.7. The van der Waals surface area contributed by atoms with Crippen molar-refractivity contribution in [2.45, 2.75) is 44.6 Å². The van der Waals surface area contributed by atoms with Gasteiger partial charge in [0, 0.05) is 10.5 Å². The van der Waals surface area contributed by atoms with Gasteiger partial charge in [0.15, 0.2) is 5.78 Å². The number of hydrogen-bond donors (Lipinski definition) is 0. The molecule has 3 heteroatoms. The second-order valence-corrected chi connectivity index (χ2v) is 6.08. The molecule has 0 saturated carbocycles. The molecule has 0 radical (unpaired) electrons. The van der Waals surface area contributed by atoms with E-state index in [1.165, 1.54) is 4.90 Å². The fourth-order valence-corrected chi connectivity index (χ4v) is 2.75. The Morgan fingerprint density at radius 3 is 2.21 bits per heavy atom. The van der Waals surface area contributed by atoms with Crippen molar-refractivity contribution in [2.75, 3.05) is 19.3 Å². The van der Waals surface area contributed by atoms with Gasteiger partial charge >= 0.3 is 0 Å². The minimum Gasteiger partial charge on any atom is -0.292 e. The van der Waals surface area contributed by atoms with Crippen LogP contribution in [-0.2, 0) is 0 Å². The van der Waals surface area contributed by atoms with Gasteiger partial charge in [-0.25, -0.2) is 0 Å². The number of ketones is 1. The topological polar surface area (TPSA) is 20.3 Å². The normalized spacial score (nSPS) is 11.9. The Morgan fingerprint density at radius 1 is 1.21 bits per heavy atom. The predicted molar refractivity (Wildman–Crippen MR) is 84.2 cm³/mol. The molecular weight excluding hydrogens is 254 g/mol. The van der Waals surface area contributed by atoms with E-state index in [2.05, 4.69) is 18.7 Å². The Bertz CT molecular complexity index is 411. The molecule has 0 unspecified atom stereocenters. The molecule has 0 aromatic heterocycles. The monoisotopic (exact) mass is 279 g/mol. The van der Waals surface area contributed by atoms with Gasteiger partial charge in [0.25, 0.3) is 0 Å². The molecule has 0 heterocycles. The molecule has 1 aromatic carbocycles. The Hall–Kier alpha value is -0.800. The van der Waals surface area contributed by atoms with Crippen molar-refractivity contribution in [1.82, 2.24) is 4.90 Å². The summed E-state index contributed by atoms with van der Waals surface area (Å²) in [6, 6.07) is 7.92. The Morgan fingerprint density at radius 2 is 1.79 bits per heavy atom. The zero-order chi connectivity index (χ0) is 14.5. The molecular formula is C16H25NOS. The second kappa shape index (κ2) is 7.11. The number of carbonyl (C=O) groups excluding carboxylic acids is 1. The molecule has 1 aromatic rings. The van der Waals surface area contributed by atoms with E-state index in [1.54, 1.807) is 11.8 Å². The van der Waals surface area contributed by atoms with Crippen LogP contribution in [-0.4, -0.2) is 35.6 Å². The molecule has 0 atom stereocenters. The molecule has 0 aliphatic heterocycles. The molecule has 0 aliphatic carbocycles. The largest absolute Gasteiger partial charge is 0.292 e. The Kier molecular flexibility index (Phi) is 6.08. The summed E-state index contributed by atoms with van der Waals surface area (Å²) < 4.78 is 0. The number of nitrogens with zero attached hydrogens (tertiary/aromatic N) is 1. The summed E-state index contributed by atoms with van der Waals surface area (Å²) in [5.41, 5.74) is 0.364. The highest BCUT2D eigenvalue weighted by molar-refractivity contribution is 7.98. The van der Waals surface area contributed by atoms with Crippen molar-refractivity contribution in [2.24, 2.45) is 0 Å². The fourth-order valence-electron chi connectivity index (χ4n) is 2.34. The molecule has 0 bridgehead atoms. The van der Waals surface area contributed by atoms with Gasteiger partial charge in [0.1, 0.15) is 0 Å². The molecule has 1 rings (SSSR count). The van der Waals surface area contributed by atoms with Gasteiger partial charge in [0.05, 0.1) is 5.54 Å². The van der Waals surface area contributed by atoms with E-state index >= 15 is 0 Å². The van der Waals surface area contributed by atoms with Gasteiger partial charge < -0.3 is 0 Å². The maximum Gasteiger partial charge on any atom is 0.182 e. The first-order valence-electron chi connectivity index (χ1n) is 6.91. The summed E-state index contributed by atoms with van der Waals surface area (Å²) in [4.78, 5) is 16.1. The predicted octanol–water partition coefficient (Wildman–Crippen LogP) is 4.10. The molecule has 106 valence electrons. The zero-order valence-corrected chi connectivity index (χ0v) is 13.5. The highest BCUT2D eigenvalue weighted by Gasteiger charge is 2.33. The van der Waals surface area contributed by atoms with Crippen LogP contribution in [0.3, 0.4) is 0 Å². The van der Waals surface area contributed by atoms with E-state index in [0.717, 1.165) is 25.1 Å².